The third kappa shape index (κ3) is 4.29. The van der Waals surface area contributed by atoms with E-state index >= 15 is 0 Å². The van der Waals surface area contributed by atoms with Gasteiger partial charge in [-0.2, -0.15) is 0 Å². The second kappa shape index (κ2) is 11.8. The van der Waals surface area contributed by atoms with Gasteiger partial charge in [0, 0.05) is 27.3 Å². The third-order valence-electron chi connectivity index (χ3n) is 13.1. The van der Waals surface area contributed by atoms with Crippen molar-refractivity contribution < 1.29 is 0 Å². The van der Waals surface area contributed by atoms with E-state index in [1.165, 1.54) is 77.1 Å². The summed E-state index contributed by atoms with van der Waals surface area (Å²) in [6.45, 7) is 4.65. The van der Waals surface area contributed by atoms with Crippen molar-refractivity contribution in [1.82, 2.24) is 9.88 Å². The smallest absolute Gasteiger partial charge is 0.148 e. The molecule has 3 nitrogen and oxygen atoms in total. The van der Waals surface area contributed by atoms with Crippen molar-refractivity contribution in [3.63, 3.8) is 0 Å². The van der Waals surface area contributed by atoms with Crippen LogP contribution in [0.2, 0.25) is 0 Å². The van der Waals surface area contributed by atoms with Crippen molar-refractivity contribution in [2.75, 3.05) is 0 Å². The maximum Gasteiger partial charge on any atom is 0.148 e. The molecule has 2 aliphatic carbocycles. The Labute approximate surface area is 332 Å². The molecule has 0 saturated carbocycles. The van der Waals surface area contributed by atoms with Crippen LogP contribution in [-0.4, -0.2) is 10.3 Å². The lowest BCUT2D eigenvalue weighted by atomic mass is 9.67. The summed E-state index contributed by atoms with van der Waals surface area (Å²) >= 11 is 0. The van der Waals surface area contributed by atoms with Crippen LogP contribution in [0.25, 0.3) is 49.4 Å². The van der Waals surface area contributed by atoms with Crippen LogP contribution < -0.4 is 5.32 Å². The van der Waals surface area contributed by atoms with E-state index in [9.17, 15) is 0 Å². The van der Waals surface area contributed by atoms with E-state index in [1.54, 1.807) is 0 Å². The van der Waals surface area contributed by atoms with Gasteiger partial charge < -0.3 is 9.88 Å². The van der Waals surface area contributed by atoms with E-state index in [0.29, 0.717) is 0 Å². The largest absolute Gasteiger partial charge is 0.358 e. The molecule has 1 aliphatic heterocycles. The van der Waals surface area contributed by atoms with Gasteiger partial charge in [-0.25, -0.2) is 4.99 Å². The number of hydrogen-bond donors (Lipinski definition) is 1. The molecule has 57 heavy (non-hydrogen) atoms. The predicted octanol–water partition coefficient (Wildman–Crippen LogP) is 12.6. The summed E-state index contributed by atoms with van der Waals surface area (Å²) in [5, 5.41) is 9.17. The minimum atomic E-state index is -0.512. The van der Waals surface area contributed by atoms with Gasteiger partial charge in [-0.05, 0) is 67.9 Å². The van der Waals surface area contributed by atoms with Crippen LogP contribution >= 0.6 is 0 Å². The number of para-hydroxylation sites is 1. The van der Waals surface area contributed by atoms with Gasteiger partial charge in [0.25, 0.3) is 0 Å². The molecular formula is C54H39N3. The van der Waals surface area contributed by atoms with Crippen molar-refractivity contribution in [1.29, 1.82) is 0 Å². The van der Waals surface area contributed by atoms with Gasteiger partial charge in [-0.1, -0.05) is 184 Å². The zero-order valence-corrected chi connectivity index (χ0v) is 31.9. The van der Waals surface area contributed by atoms with Gasteiger partial charge in [0.1, 0.15) is 6.17 Å². The van der Waals surface area contributed by atoms with Gasteiger partial charge in [0.05, 0.1) is 33.6 Å². The monoisotopic (exact) mass is 729 g/mol. The Kier molecular flexibility index (Phi) is 6.67. The normalized spacial score (nSPS) is 17.2. The van der Waals surface area contributed by atoms with Gasteiger partial charge >= 0.3 is 0 Å². The number of aliphatic imine (C=N–C) groups is 1. The van der Waals surface area contributed by atoms with E-state index in [-0.39, 0.29) is 11.6 Å². The maximum atomic E-state index is 5.95. The van der Waals surface area contributed by atoms with Crippen LogP contribution in [0.15, 0.2) is 199 Å². The molecule has 3 aliphatic rings. The molecule has 1 atom stereocenters. The molecule has 8 aromatic carbocycles. The number of nitrogens with zero attached hydrogens (tertiary/aromatic N) is 2. The van der Waals surface area contributed by atoms with Crippen molar-refractivity contribution >= 4 is 44.0 Å². The number of nitrogens with one attached hydrogen (secondary N) is 1. The second-order valence-corrected chi connectivity index (χ2v) is 16.3. The number of rotatable bonds is 4. The third-order valence-corrected chi connectivity index (χ3v) is 13.1. The van der Waals surface area contributed by atoms with Crippen LogP contribution in [-0.2, 0) is 10.8 Å². The quantitative estimate of drug-likeness (QED) is 0.192. The minimum Gasteiger partial charge on any atom is -0.358 e. The SMILES string of the molecule is CC1(C)C2=C(NC(n3c4ccccc4c4cc5ccccc5cc43)C(c3cccc4c3-c3ccccc3C4(c3ccccc3)c3ccccc3)=N2)c2ccccc21. The average molecular weight is 730 g/mol. The fraction of sp³-hybridized carbons (Fsp3) is 0.0926. The molecule has 1 N–H and O–H groups in total. The topological polar surface area (TPSA) is 29.3 Å². The first-order valence-electron chi connectivity index (χ1n) is 20.0. The lowest BCUT2D eigenvalue weighted by Crippen LogP contribution is -2.37. The van der Waals surface area contributed by atoms with Gasteiger partial charge in [0.2, 0.25) is 0 Å². The highest BCUT2D eigenvalue weighted by Gasteiger charge is 2.49. The van der Waals surface area contributed by atoms with Crippen molar-refractivity contribution in [2.24, 2.45) is 4.99 Å². The van der Waals surface area contributed by atoms with Crippen LogP contribution in [0.3, 0.4) is 0 Å². The Balaban J connectivity index is 1.20. The first-order chi connectivity index (χ1) is 28.0. The van der Waals surface area contributed by atoms with Crippen molar-refractivity contribution in [2.45, 2.75) is 30.8 Å². The van der Waals surface area contributed by atoms with E-state index < -0.39 is 5.41 Å². The molecule has 9 aromatic rings. The summed E-state index contributed by atoms with van der Waals surface area (Å²) in [6.07, 6.45) is -0.309. The number of benzene rings is 8. The maximum absolute atomic E-state index is 5.95. The van der Waals surface area contributed by atoms with Crippen LogP contribution in [0.5, 0.6) is 0 Å². The van der Waals surface area contributed by atoms with E-state index in [4.69, 9.17) is 4.99 Å². The van der Waals surface area contributed by atoms with E-state index in [0.717, 1.165) is 22.7 Å². The Morgan fingerprint density at radius 3 is 1.82 bits per heavy atom. The molecule has 2 heterocycles. The summed E-state index contributed by atoms with van der Waals surface area (Å²) in [6, 6.07) is 69.3. The molecule has 12 rings (SSSR count). The molecule has 1 unspecified atom stereocenters. The number of hydrogen-bond acceptors (Lipinski definition) is 2. The molecule has 0 spiro atoms. The lowest BCUT2D eigenvalue weighted by Gasteiger charge is -2.35. The Morgan fingerprint density at radius 1 is 0.491 bits per heavy atom. The first kappa shape index (κ1) is 32.3. The number of fused-ring (bicyclic) bond motifs is 9. The van der Waals surface area contributed by atoms with Crippen LogP contribution in [0.1, 0.15) is 59.0 Å². The molecule has 1 aromatic heterocycles. The van der Waals surface area contributed by atoms with Crippen molar-refractivity contribution in [3.05, 3.63) is 233 Å². The highest BCUT2D eigenvalue weighted by Crippen LogP contribution is 2.58. The lowest BCUT2D eigenvalue weighted by molar-refractivity contribution is 0.588. The summed E-state index contributed by atoms with van der Waals surface area (Å²) in [4.78, 5) is 5.95. The Hall–Kier alpha value is -6.97. The highest BCUT2D eigenvalue weighted by atomic mass is 15.2. The fourth-order valence-corrected chi connectivity index (χ4v) is 10.6. The van der Waals surface area contributed by atoms with E-state index in [2.05, 4.69) is 212 Å². The molecule has 0 amide bonds. The average Bonchev–Trinajstić information content (AvgIpc) is 3.84. The molecule has 0 bridgehead atoms. The summed E-state index contributed by atoms with van der Waals surface area (Å²) < 4.78 is 2.52. The first-order valence-corrected chi connectivity index (χ1v) is 20.0. The summed E-state index contributed by atoms with van der Waals surface area (Å²) in [5.41, 5.74) is 16.0. The molecule has 0 saturated heterocycles. The zero-order chi connectivity index (χ0) is 37.9. The van der Waals surface area contributed by atoms with Gasteiger partial charge in [-0.15, -0.1) is 0 Å². The highest BCUT2D eigenvalue weighted by molar-refractivity contribution is 6.17. The van der Waals surface area contributed by atoms with E-state index in [1.807, 2.05) is 0 Å². The fourth-order valence-electron chi connectivity index (χ4n) is 10.6. The second-order valence-electron chi connectivity index (χ2n) is 16.3. The van der Waals surface area contributed by atoms with Gasteiger partial charge in [0.15, 0.2) is 0 Å². The number of aromatic nitrogens is 1. The molecule has 270 valence electrons. The predicted molar refractivity (Wildman–Crippen MR) is 236 cm³/mol. The molecular weight excluding hydrogens is 691 g/mol. The van der Waals surface area contributed by atoms with Crippen LogP contribution in [0.4, 0.5) is 0 Å². The number of allylic oxidation sites excluding steroid dienone is 1. The van der Waals surface area contributed by atoms with Crippen molar-refractivity contribution in [3.8, 4) is 11.1 Å². The Morgan fingerprint density at radius 2 is 1.07 bits per heavy atom. The summed E-state index contributed by atoms with van der Waals surface area (Å²) in [7, 11) is 0. The molecule has 0 fully saturated rings. The van der Waals surface area contributed by atoms with Crippen LogP contribution in [0, 0.1) is 0 Å². The standard InChI is InChI=1S/C54H39N3/c1-53(2)43-28-14-12-26-40(43)49-51(53)55-50(52(56-49)57-46-31-16-13-24-38(46)42-32-34-18-9-10-19-35(34)33-47(42)57)41-27-17-30-45-48(41)39-25-11-15-29-44(39)54(45,36-20-5-3-6-21-36)37-22-7-4-8-23-37/h3-33,52,56H,1-2H3. The Bertz CT molecular complexity index is 3140. The zero-order valence-electron chi connectivity index (χ0n) is 31.9. The molecule has 0 radical (unpaired) electrons. The van der Waals surface area contributed by atoms with Gasteiger partial charge in [-0.3, -0.25) is 0 Å². The molecule has 3 heteroatoms. The minimum absolute atomic E-state index is 0.292. The summed E-state index contributed by atoms with van der Waals surface area (Å²) in [5.74, 6) is 0.